The maximum absolute atomic E-state index is 13.7. The minimum absolute atomic E-state index is 0.238. The van der Waals surface area contributed by atoms with E-state index in [0.29, 0.717) is 11.1 Å². The van der Waals surface area contributed by atoms with E-state index in [0.717, 1.165) is 14.5 Å². The molecule has 3 aromatic rings. The summed E-state index contributed by atoms with van der Waals surface area (Å²) in [5, 5.41) is 0.708. The van der Waals surface area contributed by atoms with Gasteiger partial charge in [0, 0.05) is 14.3 Å². The number of hydrogen-bond donors (Lipinski definition) is 2. The van der Waals surface area contributed by atoms with Crippen LogP contribution in [-0.4, -0.2) is 0 Å². The zero-order chi connectivity index (χ0) is 15.0. The number of fused-ring (bicyclic) bond motifs is 1. The molecule has 3 N–H and O–H groups in total. The van der Waals surface area contributed by atoms with Gasteiger partial charge in [-0.3, -0.25) is 5.84 Å². The first-order valence-corrected chi connectivity index (χ1v) is 7.77. The van der Waals surface area contributed by atoms with Crippen molar-refractivity contribution in [3.63, 3.8) is 0 Å². The number of halogens is 3. The van der Waals surface area contributed by atoms with Crippen molar-refractivity contribution in [1.29, 1.82) is 0 Å². The van der Waals surface area contributed by atoms with Crippen LogP contribution in [0.3, 0.4) is 0 Å². The molecule has 1 aromatic heterocycles. The van der Waals surface area contributed by atoms with Crippen LogP contribution in [0, 0.1) is 5.82 Å². The molecule has 0 saturated heterocycles. The fraction of sp³-hybridized carbons (Fsp3) is 0.0667. The second kappa shape index (κ2) is 5.88. The third-order valence-electron chi connectivity index (χ3n) is 3.18. The first-order valence-electron chi connectivity index (χ1n) is 6.18. The number of para-hydroxylation sites is 1. The summed E-state index contributed by atoms with van der Waals surface area (Å²) >= 11 is 6.88. The SMILES string of the molecule is NNC(c1cc(Br)cc(Br)c1)c1cc2cccc(F)c2o1. The van der Waals surface area contributed by atoms with Gasteiger partial charge < -0.3 is 4.42 Å². The second-order valence-electron chi connectivity index (χ2n) is 4.61. The van der Waals surface area contributed by atoms with Gasteiger partial charge in [-0.05, 0) is 35.9 Å². The lowest BCUT2D eigenvalue weighted by Gasteiger charge is -2.14. The van der Waals surface area contributed by atoms with Gasteiger partial charge in [0.05, 0.1) is 0 Å². The van der Waals surface area contributed by atoms with E-state index in [2.05, 4.69) is 37.3 Å². The highest BCUT2D eigenvalue weighted by Crippen LogP contribution is 2.31. The summed E-state index contributed by atoms with van der Waals surface area (Å²) in [6, 6.07) is 12.0. The number of rotatable bonds is 3. The van der Waals surface area contributed by atoms with Gasteiger partial charge in [0.25, 0.3) is 0 Å². The zero-order valence-electron chi connectivity index (χ0n) is 10.7. The van der Waals surface area contributed by atoms with Gasteiger partial charge >= 0.3 is 0 Å². The second-order valence-corrected chi connectivity index (χ2v) is 6.44. The van der Waals surface area contributed by atoms with Crippen LogP contribution in [0.4, 0.5) is 4.39 Å². The van der Waals surface area contributed by atoms with Gasteiger partial charge in [-0.15, -0.1) is 0 Å². The van der Waals surface area contributed by atoms with Crippen molar-refractivity contribution >= 4 is 42.8 Å². The normalized spacial score (nSPS) is 12.8. The third-order valence-corrected chi connectivity index (χ3v) is 4.10. The molecule has 3 rings (SSSR count). The summed E-state index contributed by atoms with van der Waals surface area (Å²) < 4.78 is 21.2. The average molecular weight is 414 g/mol. The Kier molecular flexibility index (Phi) is 4.12. The fourth-order valence-corrected chi connectivity index (χ4v) is 3.60. The highest BCUT2D eigenvalue weighted by atomic mass is 79.9. The highest BCUT2D eigenvalue weighted by Gasteiger charge is 2.19. The maximum atomic E-state index is 13.7. The van der Waals surface area contributed by atoms with Crippen LogP contribution in [0.15, 0.2) is 55.8 Å². The summed E-state index contributed by atoms with van der Waals surface area (Å²) in [7, 11) is 0. The van der Waals surface area contributed by atoms with Crippen LogP contribution in [0.25, 0.3) is 11.0 Å². The first kappa shape index (κ1) is 14.7. The fourth-order valence-electron chi connectivity index (χ4n) is 2.27. The van der Waals surface area contributed by atoms with Gasteiger partial charge in [-0.1, -0.05) is 44.0 Å². The lowest BCUT2D eigenvalue weighted by molar-refractivity contribution is 0.465. The largest absolute Gasteiger partial charge is 0.456 e. The van der Waals surface area contributed by atoms with Crippen molar-refractivity contribution in [1.82, 2.24) is 5.43 Å². The Balaban J connectivity index is 2.11. The molecule has 1 atom stereocenters. The molecular weight excluding hydrogens is 403 g/mol. The lowest BCUT2D eigenvalue weighted by Crippen LogP contribution is -2.28. The maximum Gasteiger partial charge on any atom is 0.169 e. The number of hydrogen-bond acceptors (Lipinski definition) is 3. The van der Waals surface area contributed by atoms with Crippen molar-refractivity contribution in [3.05, 3.63) is 68.6 Å². The Hall–Kier alpha value is -1.21. The smallest absolute Gasteiger partial charge is 0.169 e. The van der Waals surface area contributed by atoms with Crippen LogP contribution >= 0.6 is 31.9 Å². The molecule has 0 aliphatic carbocycles. The number of nitrogens with two attached hydrogens (primary N) is 1. The summed E-state index contributed by atoms with van der Waals surface area (Å²) in [5.74, 6) is 5.84. The Morgan fingerprint density at radius 2 is 1.81 bits per heavy atom. The summed E-state index contributed by atoms with van der Waals surface area (Å²) in [6.07, 6.45) is 0. The predicted molar refractivity (Wildman–Crippen MR) is 87.2 cm³/mol. The Labute approximate surface area is 137 Å². The van der Waals surface area contributed by atoms with E-state index in [9.17, 15) is 4.39 Å². The molecule has 6 heteroatoms. The number of nitrogens with one attached hydrogen (secondary N) is 1. The molecule has 0 saturated carbocycles. The monoisotopic (exact) mass is 412 g/mol. The summed E-state index contributed by atoms with van der Waals surface area (Å²) in [4.78, 5) is 0. The van der Waals surface area contributed by atoms with E-state index >= 15 is 0 Å². The van der Waals surface area contributed by atoms with E-state index in [4.69, 9.17) is 10.3 Å². The molecule has 3 nitrogen and oxygen atoms in total. The average Bonchev–Trinajstić information content (AvgIpc) is 2.83. The number of benzene rings is 2. The minimum atomic E-state index is -0.384. The van der Waals surface area contributed by atoms with Gasteiger partial charge in [0.1, 0.15) is 11.8 Å². The van der Waals surface area contributed by atoms with E-state index < -0.39 is 0 Å². The summed E-state index contributed by atoms with van der Waals surface area (Å²) in [6.45, 7) is 0. The van der Waals surface area contributed by atoms with Crippen LogP contribution in [-0.2, 0) is 0 Å². The van der Waals surface area contributed by atoms with Crippen molar-refractivity contribution in [2.45, 2.75) is 6.04 Å². The van der Waals surface area contributed by atoms with E-state index in [1.165, 1.54) is 6.07 Å². The summed E-state index contributed by atoms with van der Waals surface area (Å²) in [5.41, 5.74) is 3.85. The molecule has 0 aliphatic heterocycles. The van der Waals surface area contributed by atoms with E-state index in [1.54, 1.807) is 18.2 Å². The van der Waals surface area contributed by atoms with Crippen molar-refractivity contribution in [2.24, 2.45) is 5.84 Å². The Morgan fingerprint density at radius 3 is 2.43 bits per heavy atom. The van der Waals surface area contributed by atoms with E-state index in [1.807, 2.05) is 18.2 Å². The zero-order valence-corrected chi connectivity index (χ0v) is 13.9. The third kappa shape index (κ3) is 2.89. The topological polar surface area (TPSA) is 51.2 Å². The molecule has 0 amide bonds. The van der Waals surface area contributed by atoms with Crippen molar-refractivity contribution < 1.29 is 8.81 Å². The first-order chi connectivity index (χ1) is 10.1. The molecule has 108 valence electrons. The van der Waals surface area contributed by atoms with Gasteiger partial charge in [0.2, 0.25) is 0 Å². The molecule has 1 heterocycles. The number of furan rings is 1. The van der Waals surface area contributed by atoms with Gasteiger partial charge in [0.15, 0.2) is 11.4 Å². The predicted octanol–water partition coefficient (Wildman–Crippen LogP) is 4.65. The Morgan fingerprint density at radius 1 is 1.10 bits per heavy atom. The minimum Gasteiger partial charge on any atom is -0.456 e. The highest BCUT2D eigenvalue weighted by molar-refractivity contribution is 9.11. The van der Waals surface area contributed by atoms with Gasteiger partial charge in [-0.2, -0.15) is 0 Å². The van der Waals surface area contributed by atoms with Crippen LogP contribution in [0.1, 0.15) is 17.4 Å². The molecular formula is C15H11Br2FN2O. The molecule has 0 spiro atoms. The van der Waals surface area contributed by atoms with Crippen LogP contribution in [0.2, 0.25) is 0 Å². The van der Waals surface area contributed by atoms with Gasteiger partial charge in [-0.25, -0.2) is 9.82 Å². The quantitative estimate of drug-likeness (QED) is 0.485. The van der Waals surface area contributed by atoms with Crippen LogP contribution < -0.4 is 11.3 Å². The van der Waals surface area contributed by atoms with Crippen molar-refractivity contribution in [2.75, 3.05) is 0 Å². The lowest BCUT2D eigenvalue weighted by atomic mass is 10.1. The Bertz CT molecular complexity index is 783. The van der Waals surface area contributed by atoms with Crippen molar-refractivity contribution in [3.8, 4) is 0 Å². The molecule has 0 aliphatic rings. The molecule has 2 aromatic carbocycles. The van der Waals surface area contributed by atoms with Crippen LogP contribution in [0.5, 0.6) is 0 Å². The molecule has 1 unspecified atom stereocenters. The molecule has 0 radical (unpaired) electrons. The number of hydrazine groups is 1. The molecule has 0 fully saturated rings. The molecule has 0 bridgehead atoms. The standard InChI is InChI=1S/C15H11Br2FN2O/c16-10-4-9(5-11(17)7-10)14(20-19)13-6-8-2-1-3-12(18)15(8)21-13/h1-7,14,20H,19H2. The van der Waals surface area contributed by atoms with E-state index in [-0.39, 0.29) is 17.4 Å². The molecule has 21 heavy (non-hydrogen) atoms.